The maximum atomic E-state index is 9.00. The highest BCUT2D eigenvalue weighted by Crippen LogP contribution is 2.08. The molecule has 0 aromatic carbocycles. The van der Waals surface area contributed by atoms with Gasteiger partial charge in [0.1, 0.15) is 11.4 Å². The van der Waals surface area contributed by atoms with Gasteiger partial charge in [0, 0.05) is 12.4 Å². The fourth-order valence-electron chi connectivity index (χ4n) is 0.908. The summed E-state index contributed by atoms with van der Waals surface area (Å²) in [6.45, 7) is 0. The van der Waals surface area contributed by atoms with E-state index < -0.39 is 0 Å². The predicted molar refractivity (Wildman–Crippen MR) is 36.9 cm³/mol. The van der Waals surface area contributed by atoms with E-state index in [4.69, 9.17) is 5.11 Å². The minimum atomic E-state index is 0.255. The Morgan fingerprint density at radius 2 is 2.30 bits per heavy atom. The van der Waals surface area contributed by atoms with Crippen LogP contribution in [0.4, 0.5) is 0 Å². The van der Waals surface area contributed by atoms with Gasteiger partial charge in [-0.25, -0.2) is 4.98 Å². The molecule has 0 unspecified atom stereocenters. The predicted octanol–water partition coefficient (Wildman–Crippen LogP) is 1.04. The SMILES string of the molecule is Oc1ccc2nccn2c1. The summed E-state index contributed by atoms with van der Waals surface area (Å²) in [5.74, 6) is 0.255. The van der Waals surface area contributed by atoms with Gasteiger partial charge in [0.05, 0.1) is 6.20 Å². The summed E-state index contributed by atoms with van der Waals surface area (Å²) in [6.07, 6.45) is 5.09. The first-order chi connectivity index (χ1) is 4.86. The first-order valence-corrected chi connectivity index (χ1v) is 2.98. The van der Waals surface area contributed by atoms with Crippen molar-refractivity contribution in [3.8, 4) is 5.75 Å². The van der Waals surface area contributed by atoms with Crippen LogP contribution in [0.15, 0.2) is 30.7 Å². The Balaban J connectivity index is 2.86. The van der Waals surface area contributed by atoms with Gasteiger partial charge in [0.15, 0.2) is 0 Å². The Hall–Kier alpha value is -1.51. The summed E-state index contributed by atoms with van der Waals surface area (Å²) in [7, 11) is 0. The molecule has 2 aromatic heterocycles. The Morgan fingerprint density at radius 1 is 1.40 bits per heavy atom. The fraction of sp³-hybridized carbons (Fsp3) is 0. The second-order valence-corrected chi connectivity index (χ2v) is 2.08. The fourth-order valence-corrected chi connectivity index (χ4v) is 0.908. The molecule has 0 spiro atoms. The van der Waals surface area contributed by atoms with Crippen LogP contribution in [-0.2, 0) is 0 Å². The number of aromatic nitrogens is 2. The Labute approximate surface area is 57.6 Å². The van der Waals surface area contributed by atoms with Crippen molar-refractivity contribution in [3.05, 3.63) is 30.7 Å². The molecule has 0 atom stereocenters. The van der Waals surface area contributed by atoms with Gasteiger partial charge >= 0.3 is 0 Å². The second kappa shape index (κ2) is 1.73. The van der Waals surface area contributed by atoms with E-state index in [2.05, 4.69) is 4.98 Å². The molecule has 0 amide bonds. The normalized spacial score (nSPS) is 10.4. The van der Waals surface area contributed by atoms with Crippen LogP contribution >= 0.6 is 0 Å². The van der Waals surface area contributed by atoms with Crippen molar-refractivity contribution in [3.63, 3.8) is 0 Å². The zero-order valence-corrected chi connectivity index (χ0v) is 5.23. The molecule has 2 aromatic rings. The summed E-state index contributed by atoms with van der Waals surface area (Å²) in [6, 6.07) is 3.37. The number of hydrogen-bond donors (Lipinski definition) is 1. The number of aromatic hydroxyl groups is 1. The highest BCUT2D eigenvalue weighted by Gasteiger charge is 1.91. The van der Waals surface area contributed by atoms with Gasteiger partial charge in [-0.15, -0.1) is 0 Å². The first-order valence-electron chi connectivity index (χ1n) is 2.98. The number of nitrogens with zero attached hydrogens (tertiary/aromatic N) is 2. The molecule has 0 radical (unpaired) electrons. The molecule has 0 fully saturated rings. The lowest BCUT2D eigenvalue weighted by Gasteiger charge is -1.92. The van der Waals surface area contributed by atoms with Gasteiger partial charge in [-0.2, -0.15) is 0 Å². The molecular formula is C7H6N2O. The molecule has 1 N–H and O–H groups in total. The van der Waals surface area contributed by atoms with Crippen LogP contribution in [0.3, 0.4) is 0 Å². The maximum absolute atomic E-state index is 9.00. The Morgan fingerprint density at radius 3 is 3.20 bits per heavy atom. The first kappa shape index (κ1) is 5.29. The topological polar surface area (TPSA) is 37.5 Å². The Bertz CT molecular complexity index is 353. The van der Waals surface area contributed by atoms with E-state index in [1.807, 2.05) is 0 Å². The van der Waals surface area contributed by atoms with Crippen LogP contribution in [0.5, 0.6) is 5.75 Å². The molecule has 3 heteroatoms. The highest BCUT2D eigenvalue weighted by molar-refractivity contribution is 5.40. The molecule has 0 bridgehead atoms. The van der Waals surface area contributed by atoms with Crippen molar-refractivity contribution in [2.45, 2.75) is 0 Å². The third-order valence-corrected chi connectivity index (χ3v) is 1.37. The van der Waals surface area contributed by atoms with Crippen LogP contribution in [0, 0.1) is 0 Å². The third-order valence-electron chi connectivity index (χ3n) is 1.37. The van der Waals surface area contributed by atoms with Crippen molar-refractivity contribution >= 4 is 5.65 Å². The summed E-state index contributed by atoms with van der Waals surface area (Å²) >= 11 is 0. The molecule has 0 saturated heterocycles. The molecule has 10 heavy (non-hydrogen) atoms. The van der Waals surface area contributed by atoms with Crippen molar-refractivity contribution < 1.29 is 5.11 Å². The van der Waals surface area contributed by atoms with Crippen LogP contribution < -0.4 is 0 Å². The second-order valence-electron chi connectivity index (χ2n) is 2.08. The van der Waals surface area contributed by atoms with Crippen molar-refractivity contribution in [2.75, 3.05) is 0 Å². The number of hydrogen-bond acceptors (Lipinski definition) is 2. The highest BCUT2D eigenvalue weighted by atomic mass is 16.3. The van der Waals surface area contributed by atoms with Crippen LogP contribution in [0.2, 0.25) is 0 Å². The number of imidazole rings is 1. The van der Waals surface area contributed by atoms with Gasteiger partial charge < -0.3 is 9.51 Å². The van der Waals surface area contributed by atoms with Crippen LogP contribution in [0.1, 0.15) is 0 Å². The lowest BCUT2D eigenvalue weighted by Crippen LogP contribution is -1.79. The van der Waals surface area contributed by atoms with Gasteiger partial charge in [0.2, 0.25) is 0 Å². The molecule has 0 aliphatic rings. The van der Waals surface area contributed by atoms with Crippen molar-refractivity contribution in [1.29, 1.82) is 0 Å². The molecule has 2 heterocycles. The molecule has 0 aliphatic carbocycles. The zero-order chi connectivity index (χ0) is 6.97. The number of fused-ring (bicyclic) bond motifs is 1. The van der Waals surface area contributed by atoms with E-state index in [1.54, 1.807) is 35.1 Å². The quantitative estimate of drug-likeness (QED) is 0.584. The molecule has 3 nitrogen and oxygen atoms in total. The summed E-state index contributed by atoms with van der Waals surface area (Å²) < 4.78 is 1.76. The zero-order valence-electron chi connectivity index (χ0n) is 5.23. The standard InChI is InChI=1S/C7H6N2O/c10-6-1-2-7-8-3-4-9(7)5-6/h1-5,10H. The van der Waals surface area contributed by atoms with E-state index in [0.29, 0.717) is 0 Å². The largest absolute Gasteiger partial charge is 0.506 e. The van der Waals surface area contributed by atoms with Gasteiger partial charge in [-0.1, -0.05) is 0 Å². The molecule has 2 rings (SSSR count). The Kier molecular flexibility index (Phi) is 0.917. The summed E-state index contributed by atoms with van der Waals surface area (Å²) in [5, 5.41) is 9.00. The maximum Gasteiger partial charge on any atom is 0.136 e. The average molecular weight is 134 g/mol. The lowest BCUT2D eigenvalue weighted by atomic mass is 10.4. The van der Waals surface area contributed by atoms with E-state index in [-0.39, 0.29) is 5.75 Å². The van der Waals surface area contributed by atoms with Crippen molar-refractivity contribution in [2.24, 2.45) is 0 Å². The smallest absolute Gasteiger partial charge is 0.136 e. The molecular weight excluding hydrogens is 128 g/mol. The van der Waals surface area contributed by atoms with E-state index in [1.165, 1.54) is 0 Å². The van der Waals surface area contributed by atoms with Gasteiger partial charge in [0.25, 0.3) is 0 Å². The van der Waals surface area contributed by atoms with Gasteiger partial charge in [-0.3, -0.25) is 0 Å². The molecule has 0 aliphatic heterocycles. The van der Waals surface area contributed by atoms with Gasteiger partial charge in [-0.05, 0) is 12.1 Å². The van der Waals surface area contributed by atoms with Crippen LogP contribution in [0.25, 0.3) is 5.65 Å². The molecule has 0 saturated carbocycles. The minimum Gasteiger partial charge on any atom is -0.506 e. The third kappa shape index (κ3) is 0.639. The minimum absolute atomic E-state index is 0.255. The average Bonchev–Trinajstić information content (AvgIpc) is 2.33. The summed E-state index contributed by atoms with van der Waals surface area (Å²) in [4.78, 5) is 4.01. The van der Waals surface area contributed by atoms with E-state index in [0.717, 1.165) is 5.65 Å². The monoisotopic (exact) mass is 134 g/mol. The lowest BCUT2D eigenvalue weighted by molar-refractivity contribution is 0.472. The number of rotatable bonds is 0. The van der Waals surface area contributed by atoms with Crippen molar-refractivity contribution in [1.82, 2.24) is 9.38 Å². The van der Waals surface area contributed by atoms with Crippen LogP contribution in [-0.4, -0.2) is 14.5 Å². The van der Waals surface area contributed by atoms with E-state index >= 15 is 0 Å². The number of pyridine rings is 1. The summed E-state index contributed by atoms with van der Waals surface area (Å²) in [5.41, 5.74) is 0.845. The molecule has 50 valence electrons. The van der Waals surface area contributed by atoms with E-state index in [9.17, 15) is 0 Å².